The summed E-state index contributed by atoms with van der Waals surface area (Å²) in [5, 5.41) is 3.37. The molecule has 1 saturated heterocycles. The molecule has 12 heavy (non-hydrogen) atoms. The van der Waals surface area contributed by atoms with Gasteiger partial charge in [-0.15, -0.1) is 12.4 Å². The smallest absolute Gasteiger partial charge is 0.0589 e. The third-order valence-corrected chi connectivity index (χ3v) is 2.04. The number of rotatable bonds is 3. The molecular formula is C8H19ClN2O. The van der Waals surface area contributed by atoms with Crippen LogP contribution in [0.3, 0.4) is 0 Å². The lowest BCUT2D eigenvalue weighted by Crippen LogP contribution is -2.30. The molecular weight excluding hydrogens is 176 g/mol. The van der Waals surface area contributed by atoms with Crippen LogP contribution in [0.4, 0.5) is 0 Å². The monoisotopic (exact) mass is 194 g/mol. The Kier molecular flexibility index (Phi) is 7.91. The van der Waals surface area contributed by atoms with E-state index in [1.165, 1.54) is 26.1 Å². The van der Waals surface area contributed by atoms with E-state index < -0.39 is 0 Å². The number of ether oxygens (including phenoxy) is 1. The highest BCUT2D eigenvalue weighted by molar-refractivity contribution is 5.85. The highest BCUT2D eigenvalue weighted by Crippen LogP contribution is 1.93. The van der Waals surface area contributed by atoms with E-state index in [9.17, 15) is 0 Å². The summed E-state index contributed by atoms with van der Waals surface area (Å²) in [6.07, 6.45) is 1.27. The third-order valence-electron chi connectivity index (χ3n) is 2.04. The number of hydrogen-bond acceptors (Lipinski definition) is 3. The number of halogens is 1. The predicted octanol–water partition coefficient (Wildman–Crippen LogP) is 0.350. The molecule has 0 aromatic carbocycles. The summed E-state index contributed by atoms with van der Waals surface area (Å²) in [6, 6.07) is 0. The number of nitrogens with zero attached hydrogens (tertiary/aromatic N) is 1. The van der Waals surface area contributed by atoms with E-state index in [1.54, 1.807) is 7.11 Å². The molecule has 1 N–H and O–H groups in total. The van der Waals surface area contributed by atoms with Gasteiger partial charge in [0.05, 0.1) is 6.61 Å². The van der Waals surface area contributed by atoms with Crippen LogP contribution < -0.4 is 5.32 Å². The predicted molar refractivity (Wildman–Crippen MR) is 53.1 cm³/mol. The van der Waals surface area contributed by atoms with Crippen molar-refractivity contribution in [2.24, 2.45) is 0 Å². The molecule has 1 rings (SSSR count). The molecule has 0 aromatic rings. The average Bonchev–Trinajstić information content (AvgIpc) is 2.28. The molecule has 4 heteroatoms. The summed E-state index contributed by atoms with van der Waals surface area (Å²) in [5.74, 6) is 0. The zero-order valence-electron chi connectivity index (χ0n) is 7.71. The maximum Gasteiger partial charge on any atom is 0.0589 e. The van der Waals surface area contributed by atoms with Gasteiger partial charge in [-0.2, -0.15) is 0 Å². The second kappa shape index (κ2) is 7.80. The van der Waals surface area contributed by atoms with Gasteiger partial charge in [-0.05, 0) is 19.5 Å². The van der Waals surface area contributed by atoms with Gasteiger partial charge in [0.1, 0.15) is 0 Å². The van der Waals surface area contributed by atoms with Crippen LogP contribution in [-0.4, -0.2) is 51.3 Å². The topological polar surface area (TPSA) is 24.5 Å². The van der Waals surface area contributed by atoms with Crippen LogP contribution in [0.1, 0.15) is 6.42 Å². The van der Waals surface area contributed by atoms with Gasteiger partial charge in [-0.1, -0.05) is 0 Å². The van der Waals surface area contributed by atoms with Gasteiger partial charge in [-0.3, -0.25) is 4.90 Å². The van der Waals surface area contributed by atoms with Crippen molar-refractivity contribution in [1.29, 1.82) is 0 Å². The van der Waals surface area contributed by atoms with Gasteiger partial charge in [0.25, 0.3) is 0 Å². The van der Waals surface area contributed by atoms with E-state index in [0.29, 0.717) is 0 Å². The lowest BCUT2D eigenvalue weighted by atomic mass is 10.4. The summed E-state index contributed by atoms with van der Waals surface area (Å²) in [7, 11) is 1.76. The van der Waals surface area contributed by atoms with Crippen LogP contribution in [0.5, 0.6) is 0 Å². The Bertz CT molecular complexity index is 95.1. The van der Waals surface area contributed by atoms with Gasteiger partial charge >= 0.3 is 0 Å². The van der Waals surface area contributed by atoms with Crippen molar-refractivity contribution in [3.63, 3.8) is 0 Å². The Morgan fingerprint density at radius 3 is 2.92 bits per heavy atom. The van der Waals surface area contributed by atoms with E-state index >= 15 is 0 Å². The van der Waals surface area contributed by atoms with Crippen molar-refractivity contribution in [2.75, 3.05) is 46.4 Å². The molecule has 0 spiro atoms. The maximum atomic E-state index is 5.02. The first kappa shape index (κ1) is 12.2. The molecule has 0 radical (unpaired) electrons. The minimum atomic E-state index is 0. The molecule has 0 unspecified atom stereocenters. The average molecular weight is 195 g/mol. The molecule has 1 aliphatic rings. The molecule has 0 aromatic heterocycles. The minimum absolute atomic E-state index is 0. The number of hydrogen-bond donors (Lipinski definition) is 1. The fourth-order valence-electron chi connectivity index (χ4n) is 1.35. The fraction of sp³-hybridized carbons (Fsp3) is 1.00. The quantitative estimate of drug-likeness (QED) is 0.702. The molecule has 1 fully saturated rings. The molecule has 3 nitrogen and oxygen atoms in total. The Morgan fingerprint density at radius 2 is 2.17 bits per heavy atom. The molecule has 0 atom stereocenters. The van der Waals surface area contributed by atoms with Crippen LogP contribution in [0.15, 0.2) is 0 Å². The normalized spacial score (nSPS) is 19.8. The van der Waals surface area contributed by atoms with Gasteiger partial charge in [0.15, 0.2) is 0 Å². The van der Waals surface area contributed by atoms with E-state index in [-0.39, 0.29) is 12.4 Å². The zero-order valence-corrected chi connectivity index (χ0v) is 8.53. The highest BCUT2D eigenvalue weighted by Gasteiger charge is 2.06. The van der Waals surface area contributed by atoms with E-state index in [0.717, 1.165) is 19.7 Å². The second-order valence-corrected chi connectivity index (χ2v) is 2.94. The molecule has 1 heterocycles. The lowest BCUT2D eigenvalue weighted by molar-refractivity contribution is 0.152. The van der Waals surface area contributed by atoms with Crippen LogP contribution in [0.2, 0.25) is 0 Å². The number of nitrogens with one attached hydrogen (secondary N) is 1. The molecule has 74 valence electrons. The van der Waals surface area contributed by atoms with E-state index in [1.807, 2.05) is 0 Å². The Morgan fingerprint density at radius 1 is 1.33 bits per heavy atom. The third kappa shape index (κ3) is 4.93. The van der Waals surface area contributed by atoms with Crippen LogP contribution in [-0.2, 0) is 4.74 Å². The second-order valence-electron chi connectivity index (χ2n) is 2.94. The van der Waals surface area contributed by atoms with Crippen molar-refractivity contribution < 1.29 is 4.74 Å². The Labute approximate surface area is 80.9 Å². The first-order valence-electron chi connectivity index (χ1n) is 4.35. The van der Waals surface area contributed by atoms with E-state index in [4.69, 9.17) is 4.74 Å². The maximum absolute atomic E-state index is 5.02. The van der Waals surface area contributed by atoms with Gasteiger partial charge < -0.3 is 10.1 Å². The molecule has 0 amide bonds. The van der Waals surface area contributed by atoms with Crippen molar-refractivity contribution in [2.45, 2.75) is 6.42 Å². The lowest BCUT2D eigenvalue weighted by Gasteiger charge is -2.18. The van der Waals surface area contributed by atoms with Gasteiger partial charge in [-0.25, -0.2) is 0 Å². The van der Waals surface area contributed by atoms with Crippen molar-refractivity contribution in [3.05, 3.63) is 0 Å². The summed E-state index contributed by atoms with van der Waals surface area (Å²) in [5.41, 5.74) is 0. The molecule has 0 saturated carbocycles. The molecule has 1 aliphatic heterocycles. The fourth-order valence-corrected chi connectivity index (χ4v) is 1.35. The van der Waals surface area contributed by atoms with Crippen LogP contribution in [0, 0.1) is 0 Å². The van der Waals surface area contributed by atoms with Crippen molar-refractivity contribution in [1.82, 2.24) is 10.2 Å². The van der Waals surface area contributed by atoms with Crippen LogP contribution in [0.25, 0.3) is 0 Å². The first-order valence-corrected chi connectivity index (χ1v) is 4.35. The van der Waals surface area contributed by atoms with Gasteiger partial charge in [0, 0.05) is 26.7 Å². The van der Waals surface area contributed by atoms with E-state index in [2.05, 4.69) is 10.2 Å². The Hall–Kier alpha value is 0.170. The van der Waals surface area contributed by atoms with Crippen molar-refractivity contribution in [3.8, 4) is 0 Å². The first-order chi connectivity index (χ1) is 5.43. The standard InChI is InChI=1S/C8H18N2O.ClH/c1-11-8-7-10-5-2-3-9-4-6-10;/h9H,2-8H2,1H3;1H. The summed E-state index contributed by atoms with van der Waals surface area (Å²) >= 11 is 0. The zero-order chi connectivity index (χ0) is 7.94. The van der Waals surface area contributed by atoms with Crippen LogP contribution >= 0.6 is 12.4 Å². The highest BCUT2D eigenvalue weighted by atomic mass is 35.5. The Balaban J connectivity index is 0.00000121. The molecule has 0 aliphatic carbocycles. The number of methoxy groups -OCH3 is 1. The summed E-state index contributed by atoms with van der Waals surface area (Å²) < 4.78 is 5.02. The summed E-state index contributed by atoms with van der Waals surface area (Å²) in [6.45, 7) is 6.63. The van der Waals surface area contributed by atoms with Crippen molar-refractivity contribution >= 4 is 12.4 Å². The minimum Gasteiger partial charge on any atom is -0.383 e. The van der Waals surface area contributed by atoms with Gasteiger partial charge in [0.2, 0.25) is 0 Å². The largest absolute Gasteiger partial charge is 0.383 e. The SMILES string of the molecule is COCCN1CCCNCC1.Cl. The summed E-state index contributed by atoms with van der Waals surface area (Å²) in [4.78, 5) is 2.45. The molecule has 0 bridgehead atoms.